The molecule has 0 bridgehead atoms. The Bertz CT molecular complexity index is 1440. The quantitative estimate of drug-likeness (QED) is 0.369. The standard InChI is InChI=1S/C21H15F6N5O2/c22-20(23,24)10-28-16(33)9-32-7-6-11-2-1-3-15(17(11)19(32)34)29-12-4-5-14-13(8-12)18(31-30-14)21(25,26)27/h1-8,29H,9-10H2,(H,28,33)(H,30,31). The molecule has 1 amide bonds. The largest absolute Gasteiger partial charge is 0.433 e. The van der Waals surface area contributed by atoms with Gasteiger partial charge < -0.3 is 15.2 Å². The van der Waals surface area contributed by atoms with Crippen LogP contribution in [-0.2, 0) is 17.5 Å². The summed E-state index contributed by atoms with van der Waals surface area (Å²) >= 11 is 0. The highest BCUT2D eigenvalue weighted by molar-refractivity contribution is 5.96. The van der Waals surface area contributed by atoms with Crippen LogP contribution < -0.4 is 16.2 Å². The Morgan fingerprint density at radius 2 is 1.82 bits per heavy atom. The van der Waals surface area contributed by atoms with Crippen molar-refractivity contribution in [3.05, 3.63) is 64.7 Å². The number of hydrogen-bond donors (Lipinski definition) is 3. The third kappa shape index (κ3) is 4.82. The fourth-order valence-corrected chi connectivity index (χ4v) is 3.43. The summed E-state index contributed by atoms with van der Waals surface area (Å²) < 4.78 is 77.5. The Hall–Kier alpha value is -4.03. The third-order valence-corrected chi connectivity index (χ3v) is 4.92. The summed E-state index contributed by atoms with van der Waals surface area (Å²) in [5.74, 6) is -1.01. The molecule has 0 saturated carbocycles. The molecule has 178 valence electrons. The molecular weight excluding hydrogens is 468 g/mol. The molecule has 2 aromatic heterocycles. The number of aromatic nitrogens is 3. The van der Waals surface area contributed by atoms with Gasteiger partial charge in [-0.25, -0.2) is 0 Å². The monoisotopic (exact) mass is 483 g/mol. The Morgan fingerprint density at radius 3 is 2.53 bits per heavy atom. The van der Waals surface area contributed by atoms with Crippen LogP contribution in [0.15, 0.2) is 53.5 Å². The molecule has 0 radical (unpaired) electrons. The molecule has 3 N–H and O–H groups in total. The number of alkyl halides is 6. The van der Waals surface area contributed by atoms with Gasteiger partial charge in [0.1, 0.15) is 18.8 Å². The van der Waals surface area contributed by atoms with E-state index in [0.717, 1.165) is 4.57 Å². The number of benzene rings is 2. The maximum atomic E-state index is 13.2. The highest BCUT2D eigenvalue weighted by Crippen LogP contribution is 2.35. The number of hydrogen-bond acceptors (Lipinski definition) is 4. The summed E-state index contributed by atoms with van der Waals surface area (Å²) in [6.07, 6.45) is -7.97. The van der Waals surface area contributed by atoms with E-state index < -0.39 is 42.6 Å². The molecule has 0 atom stereocenters. The number of rotatable bonds is 5. The molecule has 4 aromatic rings. The maximum absolute atomic E-state index is 13.2. The van der Waals surface area contributed by atoms with Crippen molar-refractivity contribution >= 4 is 39.0 Å². The lowest BCUT2D eigenvalue weighted by Gasteiger charge is -2.13. The topological polar surface area (TPSA) is 91.8 Å². The van der Waals surface area contributed by atoms with Crippen LogP contribution in [0.1, 0.15) is 5.69 Å². The van der Waals surface area contributed by atoms with E-state index in [9.17, 15) is 35.9 Å². The van der Waals surface area contributed by atoms with Gasteiger partial charge in [0, 0.05) is 17.3 Å². The highest BCUT2D eigenvalue weighted by atomic mass is 19.4. The predicted molar refractivity (Wildman–Crippen MR) is 112 cm³/mol. The van der Waals surface area contributed by atoms with Gasteiger partial charge in [0.05, 0.1) is 16.6 Å². The number of nitrogens with zero attached hydrogens (tertiary/aromatic N) is 2. The van der Waals surface area contributed by atoms with Crippen LogP contribution >= 0.6 is 0 Å². The fraction of sp³-hybridized carbons (Fsp3) is 0.190. The predicted octanol–water partition coefficient (Wildman–Crippen LogP) is 4.32. The average molecular weight is 483 g/mol. The van der Waals surface area contributed by atoms with E-state index in [2.05, 4.69) is 10.4 Å². The van der Waals surface area contributed by atoms with Crippen molar-refractivity contribution < 1.29 is 31.1 Å². The van der Waals surface area contributed by atoms with Crippen molar-refractivity contribution in [3.8, 4) is 0 Å². The van der Waals surface area contributed by atoms with Crippen LogP contribution in [0, 0.1) is 0 Å². The molecule has 13 heteroatoms. The maximum Gasteiger partial charge on any atom is 0.433 e. The number of anilines is 2. The van der Waals surface area contributed by atoms with Gasteiger partial charge >= 0.3 is 12.4 Å². The molecule has 2 aromatic carbocycles. The van der Waals surface area contributed by atoms with Gasteiger partial charge in [-0.1, -0.05) is 12.1 Å². The second-order valence-corrected chi connectivity index (χ2v) is 7.36. The number of nitrogens with one attached hydrogen (secondary N) is 3. The van der Waals surface area contributed by atoms with Crippen LogP contribution in [-0.4, -0.2) is 33.4 Å². The van der Waals surface area contributed by atoms with Crippen molar-refractivity contribution in [1.82, 2.24) is 20.1 Å². The Labute approximate surface area is 186 Å². The Balaban J connectivity index is 1.68. The number of carbonyl (C=O) groups is 1. The van der Waals surface area contributed by atoms with Gasteiger partial charge in [-0.3, -0.25) is 14.7 Å². The van der Waals surface area contributed by atoms with Crippen LogP contribution in [0.3, 0.4) is 0 Å². The van der Waals surface area contributed by atoms with Gasteiger partial charge in [0.25, 0.3) is 5.56 Å². The van der Waals surface area contributed by atoms with Crippen molar-refractivity contribution in [2.75, 3.05) is 11.9 Å². The molecule has 0 aliphatic heterocycles. The molecule has 7 nitrogen and oxygen atoms in total. The van der Waals surface area contributed by atoms with Crippen LogP contribution in [0.4, 0.5) is 37.7 Å². The Kier molecular flexibility index (Phi) is 5.71. The zero-order valence-electron chi connectivity index (χ0n) is 17.0. The van der Waals surface area contributed by atoms with E-state index >= 15 is 0 Å². The minimum absolute atomic E-state index is 0.100. The minimum atomic E-state index is -4.65. The molecule has 0 aliphatic rings. The molecular formula is C21H15F6N5O2. The van der Waals surface area contributed by atoms with E-state index in [4.69, 9.17) is 0 Å². The SMILES string of the molecule is O=C(Cn1ccc2cccc(Nc3ccc4n[nH]c(C(F)(F)F)c4c3)c2c1=O)NCC(F)(F)F. The van der Waals surface area contributed by atoms with Crippen molar-refractivity contribution in [2.45, 2.75) is 18.9 Å². The van der Waals surface area contributed by atoms with Gasteiger partial charge in [0.15, 0.2) is 0 Å². The molecule has 0 unspecified atom stereocenters. The molecule has 0 saturated heterocycles. The normalized spacial score (nSPS) is 12.3. The number of carbonyl (C=O) groups excluding carboxylic acids is 1. The van der Waals surface area contributed by atoms with Gasteiger partial charge in [0.2, 0.25) is 5.91 Å². The zero-order chi connectivity index (χ0) is 24.7. The summed E-state index contributed by atoms with van der Waals surface area (Å²) in [4.78, 5) is 24.8. The van der Waals surface area contributed by atoms with Crippen LogP contribution in [0.25, 0.3) is 21.7 Å². The zero-order valence-corrected chi connectivity index (χ0v) is 17.0. The number of fused-ring (bicyclic) bond motifs is 2. The van der Waals surface area contributed by atoms with E-state index in [0.29, 0.717) is 5.39 Å². The molecule has 4 rings (SSSR count). The number of halogens is 6. The van der Waals surface area contributed by atoms with Crippen molar-refractivity contribution in [2.24, 2.45) is 0 Å². The number of aromatic amines is 1. The highest BCUT2D eigenvalue weighted by Gasteiger charge is 2.35. The van der Waals surface area contributed by atoms with E-state index in [1.54, 1.807) is 17.4 Å². The first kappa shape index (κ1) is 23.1. The first-order valence-electron chi connectivity index (χ1n) is 9.70. The van der Waals surface area contributed by atoms with Gasteiger partial charge in [-0.15, -0.1) is 0 Å². The third-order valence-electron chi connectivity index (χ3n) is 4.92. The van der Waals surface area contributed by atoms with Crippen LogP contribution in [0.5, 0.6) is 0 Å². The lowest BCUT2D eigenvalue weighted by Crippen LogP contribution is -2.37. The number of pyridine rings is 1. The number of H-pyrrole nitrogens is 1. The smallest absolute Gasteiger partial charge is 0.355 e. The van der Waals surface area contributed by atoms with Gasteiger partial charge in [-0.05, 0) is 35.7 Å². The van der Waals surface area contributed by atoms with Crippen molar-refractivity contribution in [1.29, 1.82) is 0 Å². The second kappa shape index (κ2) is 8.39. The molecule has 34 heavy (non-hydrogen) atoms. The first-order valence-corrected chi connectivity index (χ1v) is 9.70. The minimum Gasteiger partial charge on any atom is -0.355 e. The van der Waals surface area contributed by atoms with Crippen LogP contribution in [0.2, 0.25) is 0 Å². The lowest BCUT2D eigenvalue weighted by atomic mass is 10.1. The lowest BCUT2D eigenvalue weighted by molar-refractivity contribution is -0.140. The summed E-state index contributed by atoms with van der Waals surface area (Å²) in [6, 6.07) is 10.3. The van der Waals surface area contributed by atoms with Crippen molar-refractivity contribution in [3.63, 3.8) is 0 Å². The van der Waals surface area contributed by atoms with E-state index in [1.807, 2.05) is 5.10 Å². The van der Waals surface area contributed by atoms with Gasteiger partial charge in [-0.2, -0.15) is 31.4 Å². The van der Waals surface area contributed by atoms with E-state index in [1.165, 1.54) is 36.5 Å². The van der Waals surface area contributed by atoms with E-state index in [-0.39, 0.29) is 27.7 Å². The average Bonchev–Trinajstić information content (AvgIpc) is 3.18. The molecule has 0 aliphatic carbocycles. The summed E-state index contributed by atoms with van der Waals surface area (Å²) in [5.41, 5.74) is -1.10. The summed E-state index contributed by atoms with van der Waals surface area (Å²) in [6.45, 7) is -2.17. The number of amides is 1. The molecule has 2 heterocycles. The summed E-state index contributed by atoms with van der Waals surface area (Å²) in [7, 11) is 0. The molecule has 0 spiro atoms. The fourth-order valence-electron chi connectivity index (χ4n) is 3.43. The summed E-state index contributed by atoms with van der Waals surface area (Å²) in [5, 5.41) is 10.6. The Morgan fingerprint density at radius 1 is 1.06 bits per heavy atom. The molecule has 0 fully saturated rings. The first-order chi connectivity index (χ1) is 15.9. The second-order valence-electron chi connectivity index (χ2n) is 7.36.